The number of halogens is 1. The number of nitrogens with one attached hydrogen (secondary N) is 2. The van der Waals surface area contributed by atoms with Crippen LogP contribution in [-0.4, -0.2) is 59.3 Å². The van der Waals surface area contributed by atoms with Crippen LogP contribution in [0, 0.1) is 0 Å². The van der Waals surface area contributed by atoms with E-state index in [1.54, 1.807) is 48.9 Å². The van der Waals surface area contributed by atoms with Crippen molar-refractivity contribution < 1.29 is 14.7 Å². The molecule has 0 fully saturated rings. The SMILES string of the molecule is Cn1cncc1CC(CNc1ccc(C(=O)O)cc1)NC(=O)/C=C/c1cc(Cl)ccc1-n1cnnn1. The number of hydrogen-bond donors (Lipinski definition) is 3. The van der Waals surface area contributed by atoms with E-state index in [0.29, 0.717) is 29.2 Å². The van der Waals surface area contributed by atoms with Crippen molar-refractivity contribution in [2.45, 2.75) is 12.5 Å². The van der Waals surface area contributed by atoms with Gasteiger partial charge in [0.25, 0.3) is 0 Å². The van der Waals surface area contributed by atoms with Gasteiger partial charge in [-0.25, -0.2) is 9.78 Å². The zero-order chi connectivity index (χ0) is 25.5. The summed E-state index contributed by atoms with van der Waals surface area (Å²) in [6.45, 7) is 0.407. The zero-order valence-electron chi connectivity index (χ0n) is 19.2. The molecule has 0 aliphatic carbocycles. The molecule has 0 saturated carbocycles. The summed E-state index contributed by atoms with van der Waals surface area (Å²) in [4.78, 5) is 28.1. The maximum atomic E-state index is 12.9. The third kappa shape index (κ3) is 6.33. The highest BCUT2D eigenvalue weighted by atomic mass is 35.5. The summed E-state index contributed by atoms with van der Waals surface area (Å²) in [5.41, 5.74) is 3.23. The molecule has 0 saturated heterocycles. The summed E-state index contributed by atoms with van der Waals surface area (Å²) in [6, 6.07) is 11.3. The zero-order valence-corrected chi connectivity index (χ0v) is 20.0. The van der Waals surface area contributed by atoms with Gasteiger partial charge in [0.1, 0.15) is 6.33 Å². The normalized spacial score (nSPS) is 11.9. The van der Waals surface area contributed by atoms with E-state index in [0.717, 1.165) is 11.4 Å². The Morgan fingerprint density at radius 1 is 1.17 bits per heavy atom. The number of carbonyl (C=O) groups excluding carboxylic acids is 1. The first-order valence-corrected chi connectivity index (χ1v) is 11.3. The maximum absolute atomic E-state index is 12.9. The van der Waals surface area contributed by atoms with Crippen LogP contribution in [0.2, 0.25) is 5.02 Å². The number of rotatable bonds is 10. The lowest BCUT2D eigenvalue weighted by Crippen LogP contribution is -2.40. The molecule has 0 aliphatic heterocycles. The second-order valence-corrected chi connectivity index (χ2v) is 8.40. The van der Waals surface area contributed by atoms with E-state index < -0.39 is 5.97 Å². The van der Waals surface area contributed by atoms with Crippen LogP contribution in [0.4, 0.5) is 5.69 Å². The summed E-state index contributed by atoms with van der Waals surface area (Å²) in [6.07, 6.45) is 8.52. The lowest BCUT2D eigenvalue weighted by atomic mass is 10.1. The van der Waals surface area contributed by atoms with Gasteiger partial charge < -0.3 is 20.3 Å². The Balaban J connectivity index is 1.47. The predicted molar refractivity (Wildman–Crippen MR) is 134 cm³/mol. The molecule has 184 valence electrons. The molecule has 1 unspecified atom stereocenters. The van der Waals surface area contributed by atoms with Crippen LogP contribution in [0.3, 0.4) is 0 Å². The molecule has 1 amide bonds. The van der Waals surface area contributed by atoms with Crippen LogP contribution in [0.1, 0.15) is 21.6 Å². The monoisotopic (exact) mass is 506 g/mol. The number of carbonyl (C=O) groups is 2. The van der Waals surface area contributed by atoms with E-state index in [4.69, 9.17) is 16.7 Å². The highest BCUT2D eigenvalue weighted by Crippen LogP contribution is 2.20. The smallest absolute Gasteiger partial charge is 0.335 e. The molecular formula is C24H23ClN8O3. The Bertz CT molecular complexity index is 1370. The molecule has 2 heterocycles. The minimum Gasteiger partial charge on any atom is -0.478 e. The summed E-state index contributed by atoms with van der Waals surface area (Å²) in [5.74, 6) is -1.29. The summed E-state index contributed by atoms with van der Waals surface area (Å²) < 4.78 is 3.37. The number of imidazole rings is 1. The first kappa shape index (κ1) is 24.6. The average molecular weight is 507 g/mol. The van der Waals surface area contributed by atoms with Crippen LogP contribution in [0.25, 0.3) is 11.8 Å². The van der Waals surface area contributed by atoms with Crippen LogP contribution < -0.4 is 10.6 Å². The lowest BCUT2D eigenvalue weighted by molar-refractivity contribution is -0.117. The number of aryl methyl sites for hydroxylation is 1. The van der Waals surface area contributed by atoms with E-state index in [1.807, 2.05) is 11.6 Å². The fraction of sp³-hybridized carbons (Fsp3) is 0.167. The number of amides is 1. The van der Waals surface area contributed by atoms with Gasteiger partial charge in [0, 0.05) is 54.3 Å². The number of anilines is 1. The molecule has 0 bridgehead atoms. The Morgan fingerprint density at radius 2 is 1.97 bits per heavy atom. The fourth-order valence-electron chi connectivity index (χ4n) is 3.53. The van der Waals surface area contributed by atoms with Crippen LogP contribution in [-0.2, 0) is 18.3 Å². The number of carboxylic acids is 1. The Hall–Kier alpha value is -4.51. The minimum absolute atomic E-state index is 0.201. The summed E-state index contributed by atoms with van der Waals surface area (Å²) in [7, 11) is 1.89. The van der Waals surface area contributed by atoms with E-state index >= 15 is 0 Å². The van der Waals surface area contributed by atoms with Crippen LogP contribution >= 0.6 is 11.6 Å². The van der Waals surface area contributed by atoms with E-state index in [-0.39, 0.29) is 17.5 Å². The lowest BCUT2D eigenvalue weighted by Gasteiger charge is -2.19. The molecule has 11 nitrogen and oxygen atoms in total. The van der Waals surface area contributed by atoms with Crippen molar-refractivity contribution in [3.05, 3.63) is 89.2 Å². The van der Waals surface area contributed by atoms with Gasteiger partial charge in [-0.3, -0.25) is 4.79 Å². The molecule has 36 heavy (non-hydrogen) atoms. The first-order chi connectivity index (χ1) is 17.4. The second-order valence-electron chi connectivity index (χ2n) is 7.96. The molecule has 1 atom stereocenters. The molecule has 2 aromatic heterocycles. The summed E-state index contributed by atoms with van der Waals surface area (Å²) >= 11 is 6.15. The molecule has 0 spiro atoms. The second kappa shape index (κ2) is 11.3. The van der Waals surface area contributed by atoms with E-state index in [1.165, 1.54) is 29.2 Å². The van der Waals surface area contributed by atoms with E-state index in [9.17, 15) is 9.59 Å². The third-order valence-corrected chi connectivity index (χ3v) is 5.64. The highest BCUT2D eigenvalue weighted by molar-refractivity contribution is 6.30. The highest BCUT2D eigenvalue weighted by Gasteiger charge is 2.15. The molecular weight excluding hydrogens is 484 g/mol. The molecule has 0 radical (unpaired) electrons. The van der Waals surface area contributed by atoms with Gasteiger partial charge in [0.2, 0.25) is 5.91 Å². The minimum atomic E-state index is -0.988. The van der Waals surface area contributed by atoms with Gasteiger partial charge in [-0.15, -0.1) is 5.10 Å². The number of benzene rings is 2. The standard InChI is InChI=1S/C24H23ClN8O3/c1-32-14-26-13-21(32)11-20(12-27-19-6-2-16(3-7-19)24(35)36)29-23(34)9-4-17-10-18(25)5-8-22(17)33-15-28-30-31-33/h2-10,13-15,20,27H,11-12H2,1H3,(H,29,34)(H,35,36)/b9-4+. The fourth-order valence-corrected chi connectivity index (χ4v) is 3.71. The van der Waals surface area contributed by atoms with Gasteiger partial charge in [0.15, 0.2) is 0 Å². The van der Waals surface area contributed by atoms with Crippen molar-refractivity contribution >= 4 is 35.2 Å². The number of hydrogen-bond acceptors (Lipinski definition) is 7. The van der Waals surface area contributed by atoms with Crippen LogP contribution in [0.5, 0.6) is 0 Å². The van der Waals surface area contributed by atoms with Gasteiger partial charge in [-0.1, -0.05) is 11.6 Å². The number of aromatic carboxylic acids is 1. The predicted octanol–water partition coefficient (Wildman–Crippen LogP) is 2.60. The van der Waals surface area contributed by atoms with Crippen molar-refractivity contribution in [2.24, 2.45) is 7.05 Å². The maximum Gasteiger partial charge on any atom is 0.335 e. The van der Waals surface area contributed by atoms with Crippen molar-refractivity contribution in [1.29, 1.82) is 0 Å². The van der Waals surface area contributed by atoms with Crippen molar-refractivity contribution in [2.75, 3.05) is 11.9 Å². The van der Waals surface area contributed by atoms with Crippen molar-refractivity contribution in [1.82, 2.24) is 35.1 Å². The Kier molecular flexibility index (Phi) is 7.71. The number of carboxylic acid groups (broad SMARTS) is 1. The Labute approximate surface area is 211 Å². The molecule has 4 rings (SSSR count). The van der Waals surface area contributed by atoms with Gasteiger partial charge in [-0.05, 0) is 59.0 Å². The molecule has 4 aromatic rings. The third-order valence-electron chi connectivity index (χ3n) is 5.40. The average Bonchev–Trinajstić information content (AvgIpc) is 3.54. The van der Waals surface area contributed by atoms with Crippen LogP contribution in [0.15, 0.2) is 67.4 Å². The molecule has 2 aromatic carbocycles. The molecule has 3 N–H and O–H groups in total. The van der Waals surface area contributed by atoms with E-state index in [2.05, 4.69) is 31.1 Å². The van der Waals surface area contributed by atoms with Gasteiger partial charge in [-0.2, -0.15) is 4.68 Å². The van der Waals surface area contributed by atoms with Crippen molar-refractivity contribution in [3.8, 4) is 5.69 Å². The number of tetrazole rings is 1. The van der Waals surface area contributed by atoms with Crippen molar-refractivity contribution in [3.63, 3.8) is 0 Å². The first-order valence-electron chi connectivity index (χ1n) is 10.9. The quantitative estimate of drug-likeness (QED) is 0.279. The summed E-state index contributed by atoms with van der Waals surface area (Å²) in [5, 5.41) is 27.1. The Morgan fingerprint density at radius 3 is 2.64 bits per heavy atom. The van der Waals surface area contributed by atoms with Gasteiger partial charge >= 0.3 is 5.97 Å². The van der Waals surface area contributed by atoms with Gasteiger partial charge in [0.05, 0.1) is 23.6 Å². The molecule has 0 aliphatic rings. The largest absolute Gasteiger partial charge is 0.478 e. The molecule has 12 heteroatoms. The number of nitrogens with zero attached hydrogens (tertiary/aromatic N) is 6. The topological polar surface area (TPSA) is 140 Å². The number of aromatic nitrogens is 6.